The van der Waals surface area contributed by atoms with Gasteiger partial charge in [-0.3, -0.25) is 4.79 Å². The molecule has 140 valence electrons. The SMILES string of the molecule is CCN(CC)c1ccc(NC(=O)CCc2ccc(OC)c(OC)c2)nn1. The minimum atomic E-state index is -0.107. The Morgan fingerprint density at radius 2 is 1.77 bits per heavy atom. The Kier molecular flexibility index (Phi) is 7.20. The van der Waals surface area contributed by atoms with E-state index >= 15 is 0 Å². The van der Waals surface area contributed by atoms with E-state index in [2.05, 4.69) is 34.3 Å². The summed E-state index contributed by atoms with van der Waals surface area (Å²) in [6.45, 7) is 5.86. The summed E-state index contributed by atoms with van der Waals surface area (Å²) >= 11 is 0. The summed E-state index contributed by atoms with van der Waals surface area (Å²) in [5.74, 6) is 2.48. The Labute approximate surface area is 154 Å². The molecule has 0 aliphatic carbocycles. The second kappa shape index (κ2) is 9.60. The molecule has 0 aliphatic rings. The summed E-state index contributed by atoms with van der Waals surface area (Å²) in [6, 6.07) is 9.28. The van der Waals surface area contributed by atoms with Gasteiger partial charge < -0.3 is 19.7 Å². The number of aryl methyl sites for hydroxylation is 1. The van der Waals surface area contributed by atoms with Crippen molar-refractivity contribution in [1.82, 2.24) is 10.2 Å². The van der Waals surface area contributed by atoms with Gasteiger partial charge in [-0.2, -0.15) is 0 Å². The van der Waals surface area contributed by atoms with Crippen molar-refractivity contribution in [1.29, 1.82) is 0 Å². The quantitative estimate of drug-likeness (QED) is 0.743. The summed E-state index contributed by atoms with van der Waals surface area (Å²) in [6.07, 6.45) is 0.937. The number of methoxy groups -OCH3 is 2. The Hall–Kier alpha value is -2.83. The molecule has 7 heteroatoms. The number of aromatic nitrogens is 2. The zero-order chi connectivity index (χ0) is 18.9. The van der Waals surface area contributed by atoms with E-state index in [4.69, 9.17) is 9.47 Å². The van der Waals surface area contributed by atoms with Crippen molar-refractivity contribution in [3.05, 3.63) is 35.9 Å². The standard InChI is InChI=1S/C19H26N4O3/c1-5-23(6-2)18-11-10-17(21-22-18)20-19(24)12-8-14-7-9-15(25-3)16(13-14)26-4/h7,9-11,13H,5-6,8,12H2,1-4H3,(H,20,21,24). The number of anilines is 2. The van der Waals surface area contributed by atoms with Gasteiger partial charge in [0.2, 0.25) is 5.91 Å². The predicted molar refractivity (Wildman–Crippen MR) is 102 cm³/mol. The van der Waals surface area contributed by atoms with Crippen LogP contribution in [0.3, 0.4) is 0 Å². The predicted octanol–water partition coefficient (Wildman–Crippen LogP) is 2.91. The zero-order valence-corrected chi connectivity index (χ0v) is 15.8. The summed E-state index contributed by atoms with van der Waals surface area (Å²) in [5.41, 5.74) is 1.00. The van der Waals surface area contributed by atoms with Gasteiger partial charge in [0.1, 0.15) is 0 Å². The number of nitrogens with zero attached hydrogens (tertiary/aromatic N) is 3. The van der Waals surface area contributed by atoms with Gasteiger partial charge in [0.05, 0.1) is 14.2 Å². The monoisotopic (exact) mass is 358 g/mol. The van der Waals surface area contributed by atoms with Gasteiger partial charge in [-0.25, -0.2) is 0 Å². The molecule has 2 aromatic rings. The first-order chi connectivity index (χ1) is 12.6. The van der Waals surface area contributed by atoms with Crippen LogP contribution >= 0.6 is 0 Å². The van der Waals surface area contributed by atoms with Crippen LogP contribution in [0.4, 0.5) is 11.6 Å². The highest BCUT2D eigenvalue weighted by atomic mass is 16.5. The number of benzene rings is 1. The van der Waals surface area contributed by atoms with Crippen LogP contribution in [0, 0.1) is 0 Å². The fourth-order valence-corrected chi connectivity index (χ4v) is 2.61. The van der Waals surface area contributed by atoms with Crippen LogP contribution in [0.2, 0.25) is 0 Å². The van der Waals surface area contributed by atoms with Crippen molar-refractivity contribution >= 4 is 17.5 Å². The van der Waals surface area contributed by atoms with Crippen LogP contribution in [0.25, 0.3) is 0 Å². The molecule has 0 fully saturated rings. The average Bonchev–Trinajstić information content (AvgIpc) is 2.68. The topological polar surface area (TPSA) is 76.6 Å². The van der Waals surface area contributed by atoms with Gasteiger partial charge >= 0.3 is 0 Å². The molecule has 0 spiro atoms. The molecule has 1 N–H and O–H groups in total. The van der Waals surface area contributed by atoms with E-state index in [0.29, 0.717) is 30.2 Å². The number of carbonyl (C=O) groups is 1. The molecule has 1 aromatic heterocycles. The maximum atomic E-state index is 12.1. The minimum Gasteiger partial charge on any atom is -0.493 e. The van der Waals surface area contributed by atoms with Crippen molar-refractivity contribution in [2.24, 2.45) is 0 Å². The van der Waals surface area contributed by atoms with Crippen LogP contribution in [0.15, 0.2) is 30.3 Å². The molecule has 0 aliphatic heterocycles. The van der Waals surface area contributed by atoms with Gasteiger partial charge in [-0.15, -0.1) is 10.2 Å². The summed E-state index contributed by atoms with van der Waals surface area (Å²) in [4.78, 5) is 14.2. The van der Waals surface area contributed by atoms with Gasteiger partial charge in [0.25, 0.3) is 0 Å². The van der Waals surface area contributed by atoms with Gasteiger partial charge in [0, 0.05) is 19.5 Å². The molecular weight excluding hydrogens is 332 g/mol. The molecular formula is C19H26N4O3. The lowest BCUT2D eigenvalue weighted by Gasteiger charge is -2.18. The molecule has 1 aromatic carbocycles. The fourth-order valence-electron chi connectivity index (χ4n) is 2.61. The summed E-state index contributed by atoms with van der Waals surface area (Å²) in [5, 5.41) is 11.0. The fraction of sp³-hybridized carbons (Fsp3) is 0.421. The van der Waals surface area contributed by atoms with Crippen LogP contribution < -0.4 is 19.7 Å². The third kappa shape index (κ3) is 5.08. The first-order valence-corrected chi connectivity index (χ1v) is 8.70. The molecule has 0 radical (unpaired) electrons. The second-order valence-electron chi connectivity index (χ2n) is 5.69. The van der Waals surface area contributed by atoms with Gasteiger partial charge in [-0.1, -0.05) is 6.07 Å². The number of rotatable bonds is 9. The lowest BCUT2D eigenvalue weighted by Crippen LogP contribution is -2.23. The van der Waals surface area contributed by atoms with Crippen LogP contribution in [0.5, 0.6) is 11.5 Å². The average molecular weight is 358 g/mol. The Balaban J connectivity index is 1.91. The third-order valence-corrected chi connectivity index (χ3v) is 4.09. The number of amides is 1. The Bertz CT molecular complexity index is 715. The van der Waals surface area contributed by atoms with E-state index in [9.17, 15) is 4.79 Å². The van der Waals surface area contributed by atoms with Crippen molar-refractivity contribution in [3.63, 3.8) is 0 Å². The highest BCUT2D eigenvalue weighted by molar-refractivity contribution is 5.89. The number of hydrogen-bond acceptors (Lipinski definition) is 6. The first kappa shape index (κ1) is 19.5. The number of carbonyl (C=O) groups excluding carboxylic acids is 1. The highest BCUT2D eigenvalue weighted by Crippen LogP contribution is 2.28. The van der Waals surface area contributed by atoms with Crippen molar-refractivity contribution in [2.45, 2.75) is 26.7 Å². The number of ether oxygens (including phenoxy) is 2. The number of hydrogen-bond donors (Lipinski definition) is 1. The van der Waals surface area contributed by atoms with Crippen molar-refractivity contribution < 1.29 is 14.3 Å². The molecule has 0 bridgehead atoms. The van der Waals surface area contributed by atoms with E-state index in [0.717, 1.165) is 24.5 Å². The van der Waals surface area contributed by atoms with Gasteiger partial charge in [0.15, 0.2) is 23.1 Å². The zero-order valence-electron chi connectivity index (χ0n) is 15.8. The maximum absolute atomic E-state index is 12.1. The molecule has 0 atom stereocenters. The molecule has 7 nitrogen and oxygen atoms in total. The molecule has 1 heterocycles. The molecule has 1 amide bonds. The second-order valence-corrected chi connectivity index (χ2v) is 5.69. The molecule has 26 heavy (non-hydrogen) atoms. The lowest BCUT2D eigenvalue weighted by atomic mass is 10.1. The Morgan fingerprint density at radius 1 is 1.04 bits per heavy atom. The van der Waals surface area contributed by atoms with E-state index in [1.807, 2.05) is 24.3 Å². The normalized spacial score (nSPS) is 10.3. The van der Waals surface area contributed by atoms with Crippen LogP contribution in [0.1, 0.15) is 25.8 Å². The van der Waals surface area contributed by atoms with E-state index in [-0.39, 0.29) is 5.91 Å². The molecule has 0 saturated carbocycles. The molecule has 0 saturated heterocycles. The van der Waals surface area contributed by atoms with E-state index < -0.39 is 0 Å². The largest absolute Gasteiger partial charge is 0.493 e. The number of nitrogens with one attached hydrogen (secondary N) is 1. The molecule has 0 unspecified atom stereocenters. The van der Waals surface area contributed by atoms with E-state index in [1.165, 1.54) is 0 Å². The highest BCUT2D eigenvalue weighted by Gasteiger charge is 2.09. The van der Waals surface area contributed by atoms with E-state index in [1.54, 1.807) is 20.3 Å². The summed E-state index contributed by atoms with van der Waals surface area (Å²) < 4.78 is 10.5. The maximum Gasteiger partial charge on any atom is 0.225 e. The van der Waals surface area contributed by atoms with Crippen LogP contribution in [-0.2, 0) is 11.2 Å². The van der Waals surface area contributed by atoms with Crippen LogP contribution in [-0.4, -0.2) is 43.4 Å². The first-order valence-electron chi connectivity index (χ1n) is 8.70. The summed E-state index contributed by atoms with van der Waals surface area (Å²) in [7, 11) is 3.19. The third-order valence-electron chi connectivity index (χ3n) is 4.09. The van der Waals surface area contributed by atoms with Crippen molar-refractivity contribution in [2.75, 3.05) is 37.5 Å². The Morgan fingerprint density at radius 3 is 2.35 bits per heavy atom. The van der Waals surface area contributed by atoms with Crippen molar-refractivity contribution in [3.8, 4) is 11.5 Å². The lowest BCUT2D eigenvalue weighted by molar-refractivity contribution is -0.116. The van der Waals surface area contributed by atoms with Gasteiger partial charge in [-0.05, 0) is 50.1 Å². The smallest absolute Gasteiger partial charge is 0.225 e. The molecule has 2 rings (SSSR count). The minimum absolute atomic E-state index is 0.107.